The Bertz CT molecular complexity index is 222. The van der Waals surface area contributed by atoms with Gasteiger partial charge < -0.3 is 10.6 Å². The van der Waals surface area contributed by atoms with Gasteiger partial charge in [-0.1, -0.05) is 5.92 Å². The van der Waals surface area contributed by atoms with E-state index in [2.05, 4.69) is 22.8 Å². The smallest absolute Gasteiger partial charge is 0.315 e. The largest absolute Gasteiger partial charge is 0.334 e. The lowest BCUT2D eigenvalue weighted by Crippen LogP contribution is -2.51. The third-order valence-corrected chi connectivity index (χ3v) is 3.35. The number of carbonyl (C=O) groups is 1. The summed E-state index contributed by atoms with van der Waals surface area (Å²) in [5.74, 6) is 2.36. The van der Waals surface area contributed by atoms with Crippen LogP contribution >= 0.6 is 11.8 Å². The van der Waals surface area contributed by atoms with E-state index in [1.54, 1.807) is 11.8 Å². The van der Waals surface area contributed by atoms with E-state index in [-0.39, 0.29) is 6.03 Å². The van der Waals surface area contributed by atoms with Crippen LogP contribution in [0.2, 0.25) is 0 Å². The molecule has 0 heterocycles. The van der Waals surface area contributed by atoms with Gasteiger partial charge in [0.25, 0.3) is 0 Å². The van der Waals surface area contributed by atoms with Crippen molar-refractivity contribution in [3.05, 3.63) is 0 Å². The average molecular weight is 198 g/mol. The van der Waals surface area contributed by atoms with Crippen molar-refractivity contribution in [3.63, 3.8) is 0 Å². The SMILES string of the molecule is C#CCNC(=O)NC1CCC1SC. The molecule has 0 aromatic heterocycles. The van der Waals surface area contributed by atoms with Crippen molar-refractivity contribution in [1.82, 2.24) is 10.6 Å². The molecular formula is C9H14N2OS. The Morgan fingerprint density at radius 2 is 2.46 bits per heavy atom. The Kier molecular flexibility index (Phi) is 3.97. The number of amides is 2. The van der Waals surface area contributed by atoms with E-state index in [1.165, 1.54) is 6.42 Å². The number of terminal acetylenes is 1. The molecule has 1 saturated carbocycles. The Morgan fingerprint density at radius 3 is 2.92 bits per heavy atom. The Morgan fingerprint density at radius 1 is 1.69 bits per heavy atom. The van der Waals surface area contributed by atoms with Crippen molar-refractivity contribution in [1.29, 1.82) is 0 Å². The standard InChI is InChI=1S/C9H14N2OS/c1-3-6-10-9(12)11-7-4-5-8(7)13-2/h1,7-8H,4-6H2,2H3,(H2,10,11,12). The van der Waals surface area contributed by atoms with Crippen LogP contribution in [-0.2, 0) is 0 Å². The van der Waals surface area contributed by atoms with Crippen LogP contribution in [0.3, 0.4) is 0 Å². The predicted octanol–water partition coefficient (Wildman–Crippen LogP) is 0.813. The van der Waals surface area contributed by atoms with Crippen LogP contribution in [0.25, 0.3) is 0 Å². The molecular weight excluding hydrogens is 184 g/mol. The minimum absolute atomic E-state index is 0.151. The lowest BCUT2D eigenvalue weighted by Gasteiger charge is -2.35. The molecule has 0 aliphatic heterocycles. The zero-order valence-corrected chi connectivity index (χ0v) is 8.49. The third-order valence-electron chi connectivity index (χ3n) is 2.18. The highest BCUT2D eigenvalue weighted by Crippen LogP contribution is 2.29. The number of carbonyl (C=O) groups excluding carboxylic acids is 1. The number of rotatable bonds is 3. The van der Waals surface area contributed by atoms with Gasteiger partial charge in [0.2, 0.25) is 0 Å². The van der Waals surface area contributed by atoms with E-state index in [0.717, 1.165) is 6.42 Å². The molecule has 1 rings (SSSR count). The van der Waals surface area contributed by atoms with Crippen molar-refractivity contribution in [3.8, 4) is 12.3 Å². The molecule has 72 valence electrons. The second-order valence-corrected chi connectivity index (χ2v) is 4.07. The maximum absolute atomic E-state index is 11.1. The van der Waals surface area contributed by atoms with Crippen molar-refractivity contribution in [2.24, 2.45) is 0 Å². The zero-order valence-electron chi connectivity index (χ0n) is 7.67. The van der Waals surface area contributed by atoms with Crippen LogP contribution in [0.15, 0.2) is 0 Å². The first-order valence-electron chi connectivity index (χ1n) is 4.28. The molecule has 0 spiro atoms. The van der Waals surface area contributed by atoms with E-state index >= 15 is 0 Å². The summed E-state index contributed by atoms with van der Waals surface area (Å²) < 4.78 is 0. The minimum Gasteiger partial charge on any atom is -0.334 e. The normalized spacial score (nSPS) is 25.5. The minimum atomic E-state index is -0.151. The van der Waals surface area contributed by atoms with Crippen LogP contribution in [0.4, 0.5) is 4.79 Å². The second kappa shape index (κ2) is 5.03. The molecule has 2 amide bonds. The Labute approximate surface area is 83.0 Å². The summed E-state index contributed by atoms with van der Waals surface area (Å²) in [5.41, 5.74) is 0. The van der Waals surface area contributed by atoms with Gasteiger partial charge >= 0.3 is 6.03 Å². The van der Waals surface area contributed by atoms with Crippen molar-refractivity contribution >= 4 is 17.8 Å². The fraction of sp³-hybridized carbons (Fsp3) is 0.667. The highest BCUT2D eigenvalue weighted by atomic mass is 32.2. The molecule has 2 unspecified atom stereocenters. The summed E-state index contributed by atoms with van der Waals surface area (Å²) in [5, 5.41) is 6.05. The lowest BCUT2D eigenvalue weighted by atomic mass is 9.92. The molecule has 0 radical (unpaired) electrons. The molecule has 2 N–H and O–H groups in total. The van der Waals surface area contributed by atoms with Crippen LogP contribution < -0.4 is 10.6 Å². The quantitative estimate of drug-likeness (QED) is 0.659. The van der Waals surface area contributed by atoms with Gasteiger partial charge in [-0.3, -0.25) is 0 Å². The van der Waals surface area contributed by atoms with E-state index in [4.69, 9.17) is 6.42 Å². The topological polar surface area (TPSA) is 41.1 Å². The number of nitrogens with one attached hydrogen (secondary N) is 2. The van der Waals surface area contributed by atoms with E-state index < -0.39 is 0 Å². The van der Waals surface area contributed by atoms with Crippen molar-refractivity contribution in [2.45, 2.75) is 24.1 Å². The molecule has 0 saturated heterocycles. The molecule has 1 aliphatic rings. The summed E-state index contributed by atoms with van der Waals surface area (Å²) in [6.45, 7) is 0.294. The second-order valence-electron chi connectivity index (χ2n) is 2.99. The number of thioether (sulfide) groups is 1. The third kappa shape index (κ3) is 2.85. The molecule has 4 heteroatoms. The van der Waals surface area contributed by atoms with Gasteiger partial charge in [0, 0.05) is 11.3 Å². The summed E-state index contributed by atoms with van der Waals surface area (Å²) >= 11 is 1.80. The first-order chi connectivity index (χ1) is 6.27. The highest BCUT2D eigenvalue weighted by molar-refractivity contribution is 7.99. The predicted molar refractivity (Wildman–Crippen MR) is 55.7 cm³/mol. The molecule has 1 aliphatic carbocycles. The molecule has 2 atom stereocenters. The van der Waals surface area contributed by atoms with E-state index in [9.17, 15) is 4.79 Å². The first kappa shape index (κ1) is 10.3. The molecule has 3 nitrogen and oxygen atoms in total. The van der Waals surface area contributed by atoms with Crippen LogP contribution in [0.5, 0.6) is 0 Å². The fourth-order valence-electron chi connectivity index (χ4n) is 1.27. The summed E-state index contributed by atoms with van der Waals surface area (Å²) in [6, 6.07) is 0.175. The molecule has 0 aromatic rings. The number of hydrogen-bond donors (Lipinski definition) is 2. The number of hydrogen-bond acceptors (Lipinski definition) is 2. The van der Waals surface area contributed by atoms with Crippen LogP contribution in [-0.4, -0.2) is 30.1 Å². The average Bonchev–Trinajstić information content (AvgIpc) is 2.10. The van der Waals surface area contributed by atoms with Crippen molar-refractivity contribution < 1.29 is 4.79 Å². The number of urea groups is 1. The van der Waals surface area contributed by atoms with Gasteiger partial charge in [0.1, 0.15) is 0 Å². The Balaban J connectivity index is 2.17. The van der Waals surface area contributed by atoms with Gasteiger partial charge in [-0.05, 0) is 19.1 Å². The summed E-state index contributed by atoms with van der Waals surface area (Å²) in [4.78, 5) is 11.1. The first-order valence-corrected chi connectivity index (χ1v) is 5.57. The van der Waals surface area contributed by atoms with Crippen molar-refractivity contribution in [2.75, 3.05) is 12.8 Å². The van der Waals surface area contributed by atoms with Gasteiger partial charge in [0.05, 0.1) is 6.54 Å². The fourth-order valence-corrected chi connectivity index (χ4v) is 2.17. The highest BCUT2D eigenvalue weighted by Gasteiger charge is 2.30. The zero-order chi connectivity index (χ0) is 9.68. The summed E-state index contributed by atoms with van der Waals surface area (Å²) in [7, 11) is 0. The van der Waals surface area contributed by atoms with Gasteiger partial charge in [-0.2, -0.15) is 11.8 Å². The molecule has 0 aromatic carbocycles. The summed E-state index contributed by atoms with van der Waals surface area (Å²) in [6.07, 6.45) is 9.35. The molecule has 1 fully saturated rings. The molecule has 13 heavy (non-hydrogen) atoms. The van der Waals surface area contributed by atoms with Crippen LogP contribution in [0.1, 0.15) is 12.8 Å². The van der Waals surface area contributed by atoms with E-state index in [1.807, 2.05) is 0 Å². The lowest BCUT2D eigenvalue weighted by molar-refractivity contribution is 0.231. The Hall–Kier alpha value is -0.820. The van der Waals surface area contributed by atoms with Gasteiger partial charge in [-0.15, -0.1) is 6.42 Å². The maximum atomic E-state index is 11.1. The molecule has 0 bridgehead atoms. The maximum Gasteiger partial charge on any atom is 0.315 e. The van der Waals surface area contributed by atoms with Crippen LogP contribution in [0, 0.1) is 12.3 Å². The van der Waals surface area contributed by atoms with Gasteiger partial charge in [0.15, 0.2) is 0 Å². The monoisotopic (exact) mass is 198 g/mol. The van der Waals surface area contributed by atoms with E-state index in [0.29, 0.717) is 17.8 Å². The van der Waals surface area contributed by atoms with Gasteiger partial charge in [-0.25, -0.2) is 4.79 Å².